The van der Waals surface area contributed by atoms with E-state index in [0.717, 1.165) is 19.4 Å². The molecule has 2 unspecified atom stereocenters. The molecule has 2 aliphatic rings. The summed E-state index contributed by atoms with van der Waals surface area (Å²) in [6.07, 6.45) is 4.74. The molecular weight excluding hydrogens is 294 g/mol. The van der Waals surface area contributed by atoms with Gasteiger partial charge in [-0.15, -0.1) is 0 Å². The van der Waals surface area contributed by atoms with Gasteiger partial charge in [-0.3, -0.25) is 9.59 Å². The molecule has 2 bridgehead atoms. The molecule has 0 aromatic carbocycles. The van der Waals surface area contributed by atoms with Gasteiger partial charge in [0.2, 0.25) is 11.6 Å². The van der Waals surface area contributed by atoms with Crippen molar-refractivity contribution in [2.45, 2.75) is 46.0 Å². The van der Waals surface area contributed by atoms with Crippen LogP contribution in [-0.2, 0) is 14.4 Å². The number of hydrogen-bond donors (Lipinski definition) is 1. The molecule has 128 valence electrons. The number of Topliss-reactive ketones (excluding diaryl/α,β-unsaturated/α-hetero) is 2. The van der Waals surface area contributed by atoms with Crippen molar-refractivity contribution in [3.63, 3.8) is 0 Å². The normalized spacial score (nSPS) is 29.6. The van der Waals surface area contributed by atoms with E-state index in [-0.39, 0.29) is 22.9 Å². The second-order valence-corrected chi connectivity index (χ2v) is 7.73. The molecule has 0 spiro atoms. The lowest BCUT2D eigenvalue weighted by molar-refractivity contribution is -0.141. The fourth-order valence-electron chi connectivity index (χ4n) is 4.30. The van der Waals surface area contributed by atoms with Crippen LogP contribution in [0, 0.1) is 16.7 Å². The maximum absolute atomic E-state index is 12.5. The highest BCUT2D eigenvalue weighted by molar-refractivity contribution is 6.43. The molecule has 0 heterocycles. The van der Waals surface area contributed by atoms with Gasteiger partial charge in [0.15, 0.2) is 0 Å². The molecule has 2 rings (SSSR count). The summed E-state index contributed by atoms with van der Waals surface area (Å²) in [6.45, 7) is 4.78. The van der Waals surface area contributed by atoms with Crippen LogP contribution in [0.15, 0.2) is 11.6 Å². The molecule has 5 heteroatoms. The average Bonchev–Trinajstić information content (AvgIpc) is 2.78. The first-order chi connectivity index (χ1) is 10.6. The van der Waals surface area contributed by atoms with Crippen LogP contribution in [0.5, 0.6) is 0 Å². The van der Waals surface area contributed by atoms with E-state index in [2.05, 4.69) is 0 Å². The van der Waals surface area contributed by atoms with Crippen LogP contribution in [0.4, 0.5) is 0 Å². The monoisotopic (exact) mass is 321 g/mol. The molecule has 0 radical (unpaired) electrons. The number of carbonyl (C=O) groups excluding carboxylic acids is 2. The van der Waals surface area contributed by atoms with Crippen LogP contribution < -0.4 is 0 Å². The molecule has 0 amide bonds. The van der Waals surface area contributed by atoms with Crippen LogP contribution >= 0.6 is 0 Å². The maximum Gasteiger partial charge on any atom is 0.331 e. The highest BCUT2D eigenvalue weighted by atomic mass is 16.4. The molecular formula is C18H27NO4. The van der Waals surface area contributed by atoms with E-state index in [4.69, 9.17) is 0 Å². The van der Waals surface area contributed by atoms with E-state index in [1.165, 1.54) is 0 Å². The smallest absolute Gasteiger partial charge is 0.331 e. The van der Waals surface area contributed by atoms with Crippen molar-refractivity contribution < 1.29 is 19.5 Å². The molecule has 5 nitrogen and oxygen atoms in total. The third kappa shape index (κ3) is 2.87. The fraction of sp³-hybridized carbons (Fsp3) is 0.722. The Morgan fingerprint density at radius 2 is 2.00 bits per heavy atom. The summed E-state index contributed by atoms with van der Waals surface area (Å²) >= 11 is 0. The van der Waals surface area contributed by atoms with Crippen LogP contribution in [0.25, 0.3) is 0 Å². The fourth-order valence-corrected chi connectivity index (χ4v) is 4.30. The Bertz CT molecular complexity index is 561. The van der Waals surface area contributed by atoms with Crippen molar-refractivity contribution in [3.05, 3.63) is 11.6 Å². The van der Waals surface area contributed by atoms with Crippen molar-refractivity contribution in [2.24, 2.45) is 16.7 Å². The summed E-state index contributed by atoms with van der Waals surface area (Å²) in [7, 11) is 3.90. The number of carbonyl (C=O) groups is 3. The first-order valence-electron chi connectivity index (χ1n) is 8.29. The van der Waals surface area contributed by atoms with Gasteiger partial charge in [-0.1, -0.05) is 19.9 Å². The minimum Gasteiger partial charge on any atom is -0.478 e. The zero-order chi connectivity index (χ0) is 17.4. The second-order valence-electron chi connectivity index (χ2n) is 7.73. The molecule has 2 fully saturated rings. The molecule has 23 heavy (non-hydrogen) atoms. The first-order valence-corrected chi connectivity index (χ1v) is 8.29. The largest absolute Gasteiger partial charge is 0.478 e. The third-order valence-electron chi connectivity index (χ3n) is 5.96. The quantitative estimate of drug-likeness (QED) is 0.575. The van der Waals surface area contributed by atoms with Crippen molar-refractivity contribution in [3.8, 4) is 0 Å². The second kappa shape index (κ2) is 6.19. The van der Waals surface area contributed by atoms with Gasteiger partial charge in [0.05, 0.1) is 0 Å². The van der Waals surface area contributed by atoms with Gasteiger partial charge in [0.1, 0.15) is 0 Å². The molecule has 0 saturated heterocycles. The Labute approximate surface area is 137 Å². The van der Waals surface area contributed by atoms with Crippen molar-refractivity contribution >= 4 is 17.5 Å². The molecule has 0 aliphatic heterocycles. The van der Waals surface area contributed by atoms with Crippen molar-refractivity contribution in [1.82, 2.24) is 4.90 Å². The van der Waals surface area contributed by atoms with Gasteiger partial charge in [0, 0.05) is 16.9 Å². The number of allylic oxidation sites excluding steroid dienone is 1. The Morgan fingerprint density at radius 1 is 1.35 bits per heavy atom. The summed E-state index contributed by atoms with van der Waals surface area (Å²) in [4.78, 5) is 38.1. The van der Waals surface area contributed by atoms with Gasteiger partial charge >= 0.3 is 5.97 Å². The zero-order valence-corrected chi connectivity index (χ0v) is 14.5. The topological polar surface area (TPSA) is 74.7 Å². The van der Waals surface area contributed by atoms with Crippen LogP contribution in [0.1, 0.15) is 46.0 Å². The molecule has 0 aromatic heterocycles. The Balaban J connectivity index is 2.17. The molecule has 2 atom stereocenters. The van der Waals surface area contributed by atoms with E-state index < -0.39 is 11.4 Å². The first kappa shape index (κ1) is 17.9. The Hall–Kier alpha value is -1.49. The predicted molar refractivity (Wildman–Crippen MR) is 87.1 cm³/mol. The van der Waals surface area contributed by atoms with Gasteiger partial charge in [-0.2, -0.15) is 0 Å². The number of rotatable bonds is 7. The molecule has 2 aliphatic carbocycles. The molecule has 2 saturated carbocycles. The van der Waals surface area contributed by atoms with Crippen LogP contribution in [0.2, 0.25) is 0 Å². The van der Waals surface area contributed by atoms with E-state index in [9.17, 15) is 19.5 Å². The minimum atomic E-state index is -0.927. The Morgan fingerprint density at radius 3 is 2.48 bits per heavy atom. The van der Waals surface area contributed by atoms with Gasteiger partial charge in [0.25, 0.3) is 0 Å². The summed E-state index contributed by atoms with van der Waals surface area (Å²) in [5.41, 5.74) is -0.713. The summed E-state index contributed by atoms with van der Waals surface area (Å²) in [5.74, 6) is -1.65. The molecule has 0 aromatic rings. The predicted octanol–water partition coefficient (Wildman–Crippen LogP) is 2.30. The van der Waals surface area contributed by atoms with Gasteiger partial charge in [-0.05, 0) is 58.2 Å². The number of hydrogen-bond acceptors (Lipinski definition) is 4. The van der Waals surface area contributed by atoms with Crippen molar-refractivity contribution in [2.75, 3.05) is 20.6 Å². The van der Waals surface area contributed by atoms with Crippen LogP contribution in [0.3, 0.4) is 0 Å². The van der Waals surface area contributed by atoms with Gasteiger partial charge in [-0.25, -0.2) is 4.79 Å². The summed E-state index contributed by atoms with van der Waals surface area (Å²) < 4.78 is 0. The van der Waals surface area contributed by atoms with Crippen molar-refractivity contribution in [1.29, 1.82) is 0 Å². The maximum atomic E-state index is 12.5. The number of nitrogens with zero attached hydrogens (tertiary/aromatic N) is 1. The molecule has 1 N–H and O–H groups in total. The third-order valence-corrected chi connectivity index (χ3v) is 5.96. The lowest BCUT2D eigenvalue weighted by atomic mass is 9.66. The van der Waals surface area contributed by atoms with Crippen LogP contribution in [-0.4, -0.2) is 48.2 Å². The Kier molecular flexibility index (Phi) is 4.81. The lowest BCUT2D eigenvalue weighted by Gasteiger charge is -2.34. The number of carboxylic acid groups (broad SMARTS) is 1. The lowest BCUT2D eigenvalue weighted by Crippen LogP contribution is -2.36. The van der Waals surface area contributed by atoms with E-state index in [1.807, 2.05) is 32.8 Å². The SMILES string of the molecule is CN(C)CCCC(=CCC12CCC(C(=O)C1=O)C2(C)C)C(=O)O. The number of carboxylic acids is 1. The van der Waals surface area contributed by atoms with E-state index >= 15 is 0 Å². The average molecular weight is 321 g/mol. The zero-order valence-electron chi connectivity index (χ0n) is 14.5. The summed E-state index contributed by atoms with van der Waals surface area (Å²) in [5, 5.41) is 9.39. The number of aliphatic carboxylic acids is 1. The number of fused-ring (bicyclic) bond motifs is 2. The minimum absolute atomic E-state index is 0.189. The van der Waals surface area contributed by atoms with E-state index in [0.29, 0.717) is 24.8 Å². The van der Waals surface area contributed by atoms with Gasteiger partial charge < -0.3 is 10.0 Å². The highest BCUT2D eigenvalue weighted by Gasteiger charge is 2.68. The summed E-state index contributed by atoms with van der Waals surface area (Å²) in [6, 6.07) is 0. The van der Waals surface area contributed by atoms with E-state index in [1.54, 1.807) is 6.08 Å². The highest BCUT2D eigenvalue weighted by Crippen LogP contribution is 2.64. The number of ketones is 2. The standard InChI is InChI=1S/C18H27NO4/c1-17(2)13-8-10-18(17,15(21)14(13)20)9-7-12(16(22)23)6-5-11-19(3)4/h7,13H,5-6,8-11H2,1-4H3,(H,22,23).